The van der Waals surface area contributed by atoms with E-state index in [4.69, 9.17) is 19.9 Å². The summed E-state index contributed by atoms with van der Waals surface area (Å²) >= 11 is 0. The zero-order valence-corrected chi connectivity index (χ0v) is 26.8. The van der Waals surface area contributed by atoms with Gasteiger partial charge in [0.1, 0.15) is 0 Å². The van der Waals surface area contributed by atoms with Crippen LogP contribution in [0, 0.1) is 5.41 Å². The average Bonchev–Trinajstić information content (AvgIpc) is 3.18. The molecule has 0 saturated heterocycles. The van der Waals surface area contributed by atoms with Gasteiger partial charge in [0.2, 0.25) is 0 Å². The van der Waals surface area contributed by atoms with E-state index in [1.54, 1.807) is 0 Å². The van der Waals surface area contributed by atoms with Crippen LogP contribution >= 0.6 is 0 Å². The van der Waals surface area contributed by atoms with E-state index in [9.17, 15) is 0 Å². The summed E-state index contributed by atoms with van der Waals surface area (Å²) < 4.78 is 0. The summed E-state index contributed by atoms with van der Waals surface area (Å²) in [5.74, 6) is 1.87. The molecular weight excluding hydrogens is 548 g/mol. The van der Waals surface area contributed by atoms with E-state index in [-0.39, 0.29) is 16.2 Å². The standard InChI is InChI=1S/C41H38N4/c1-39(2)33-23-21-31(25-34(33)40(3,4)41(39,5)6)35-24-22-32(26-42-35)38-44-36(29-15-11-8-12-16-29)43-37(45-38)30-19-17-28(18-20-30)27-13-9-7-10-14-27/h7-26H,1-6H3. The van der Waals surface area contributed by atoms with Crippen LogP contribution in [0.1, 0.15) is 52.7 Å². The van der Waals surface area contributed by atoms with Crippen LogP contribution < -0.4 is 0 Å². The van der Waals surface area contributed by atoms with Crippen molar-refractivity contribution in [3.63, 3.8) is 0 Å². The van der Waals surface area contributed by atoms with E-state index < -0.39 is 0 Å². The molecule has 4 aromatic carbocycles. The van der Waals surface area contributed by atoms with Gasteiger partial charge >= 0.3 is 0 Å². The predicted octanol–water partition coefficient (Wildman–Crippen LogP) is 10.2. The Kier molecular flexibility index (Phi) is 6.77. The zero-order chi connectivity index (χ0) is 31.4. The highest BCUT2D eigenvalue weighted by molar-refractivity contribution is 5.71. The summed E-state index contributed by atoms with van der Waals surface area (Å²) in [6.07, 6.45) is 1.88. The molecule has 1 aliphatic rings. The first-order valence-corrected chi connectivity index (χ1v) is 15.7. The molecule has 0 N–H and O–H groups in total. The van der Waals surface area contributed by atoms with Crippen LogP contribution in [0.25, 0.3) is 56.5 Å². The summed E-state index contributed by atoms with van der Waals surface area (Å²) in [6.45, 7) is 14.3. The lowest BCUT2D eigenvalue weighted by molar-refractivity contribution is 0.125. The second-order valence-corrected chi connectivity index (χ2v) is 13.7. The molecule has 0 radical (unpaired) electrons. The van der Waals surface area contributed by atoms with E-state index in [1.165, 1.54) is 16.7 Å². The number of aromatic nitrogens is 4. The van der Waals surface area contributed by atoms with Crippen molar-refractivity contribution >= 4 is 0 Å². The van der Waals surface area contributed by atoms with Gasteiger partial charge in [-0.05, 0) is 56.7 Å². The van der Waals surface area contributed by atoms with E-state index >= 15 is 0 Å². The van der Waals surface area contributed by atoms with E-state index in [0.29, 0.717) is 17.5 Å². The minimum absolute atomic E-state index is 0.0379. The van der Waals surface area contributed by atoms with Gasteiger partial charge in [0.25, 0.3) is 0 Å². The van der Waals surface area contributed by atoms with Crippen LogP contribution in [-0.2, 0) is 10.8 Å². The van der Waals surface area contributed by atoms with Gasteiger partial charge in [-0.2, -0.15) is 0 Å². The Morgan fingerprint density at radius 1 is 0.400 bits per heavy atom. The fraction of sp³-hybridized carbons (Fsp3) is 0.220. The van der Waals surface area contributed by atoms with Crippen LogP contribution in [0.5, 0.6) is 0 Å². The molecule has 0 saturated carbocycles. The third kappa shape index (κ3) is 4.76. The summed E-state index contributed by atoms with van der Waals surface area (Å²) in [5.41, 5.74) is 10.2. The summed E-state index contributed by atoms with van der Waals surface area (Å²) in [5, 5.41) is 0. The minimum Gasteiger partial charge on any atom is -0.255 e. The number of fused-ring (bicyclic) bond motifs is 1. The molecule has 0 fully saturated rings. The zero-order valence-electron chi connectivity index (χ0n) is 26.8. The van der Waals surface area contributed by atoms with Crippen molar-refractivity contribution in [3.05, 3.63) is 133 Å². The first-order chi connectivity index (χ1) is 21.6. The Morgan fingerprint density at radius 3 is 1.42 bits per heavy atom. The van der Waals surface area contributed by atoms with Gasteiger partial charge in [0, 0.05) is 28.5 Å². The van der Waals surface area contributed by atoms with Crippen molar-refractivity contribution in [1.82, 2.24) is 19.9 Å². The molecule has 0 aliphatic heterocycles. The maximum atomic E-state index is 4.94. The van der Waals surface area contributed by atoms with Gasteiger partial charge in [-0.15, -0.1) is 0 Å². The van der Waals surface area contributed by atoms with Gasteiger partial charge < -0.3 is 0 Å². The van der Waals surface area contributed by atoms with E-state index in [2.05, 4.69) is 120 Å². The lowest BCUT2D eigenvalue weighted by atomic mass is 9.59. The molecule has 4 nitrogen and oxygen atoms in total. The molecule has 0 amide bonds. The van der Waals surface area contributed by atoms with Crippen LogP contribution in [0.4, 0.5) is 0 Å². The van der Waals surface area contributed by atoms with Crippen molar-refractivity contribution in [2.24, 2.45) is 5.41 Å². The molecule has 0 atom stereocenters. The fourth-order valence-corrected chi connectivity index (χ4v) is 6.71. The molecule has 45 heavy (non-hydrogen) atoms. The number of hydrogen-bond acceptors (Lipinski definition) is 4. The third-order valence-electron chi connectivity index (χ3n) is 10.7. The Bertz CT molecular complexity index is 1990. The Labute approximate surface area is 266 Å². The molecule has 1 aliphatic carbocycles. The van der Waals surface area contributed by atoms with E-state index in [0.717, 1.165) is 33.5 Å². The van der Waals surface area contributed by atoms with Gasteiger partial charge in [-0.3, -0.25) is 4.98 Å². The molecule has 2 heterocycles. The first kappa shape index (κ1) is 28.8. The smallest absolute Gasteiger partial charge is 0.165 e. The molecular formula is C41H38N4. The van der Waals surface area contributed by atoms with Gasteiger partial charge in [-0.1, -0.05) is 139 Å². The molecule has 7 rings (SSSR count). The Morgan fingerprint density at radius 2 is 0.844 bits per heavy atom. The molecule has 6 aromatic rings. The maximum Gasteiger partial charge on any atom is 0.165 e. The highest BCUT2D eigenvalue weighted by Crippen LogP contribution is 2.61. The first-order valence-electron chi connectivity index (χ1n) is 15.7. The molecule has 0 bridgehead atoms. The van der Waals surface area contributed by atoms with E-state index in [1.807, 2.05) is 42.6 Å². The maximum absolute atomic E-state index is 4.94. The summed E-state index contributed by atoms with van der Waals surface area (Å²) in [6, 6.07) is 39.9. The number of benzene rings is 4. The van der Waals surface area contributed by atoms with Crippen molar-refractivity contribution in [2.75, 3.05) is 0 Å². The van der Waals surface area contributed by atoms with Crippen molar-refractivity contribution in [2.45, 2.75) is 52.4 Å². The number of rotatable bonds is 5. The normalized spacial score (nSPS) is 15.9. The van der Waals surface area contributed by atoms with Crippen molar-refractivity contribution in [1.29, 1.82) is 0 Å². The predicted molar refractivity (Wildman–Crippen MR) is 185 cm³/mol. The van der Waals surface area contributed by atoms with Gasteiger partial charge in [0.05, 0.1) is 5.69 Å². The summed E-state index contributed by atoms with van der Waals surface area (Å²) in [7, 11) is 0. The lowest BCUT2D eigenvalue weighted by Gasteiger charge is -2.44. The van der Waals surface area contributed by atoms with Crippen LogP contribution in [-0.4, -0.2) is 19.9 Å². The fourth-order valence-electron chi connectivity index (χ4n) is 6.71. The molecule has 4 heteroatoms. The van der Waals surface area contributed by atoms with Crippen LogP contribution in [0.2, 0.25) is 0 Å². The Hall–Kier alpha value is -4.96. The Balaban J connectivity index is 1.26. The highest BCUT2D eigenvalue weighted by atomic mass is 15.0. The molecule has 0 spiro atoms. The second-order valence-electron chi connectivity index (χ2n) is 13.7. The molecule has 222 valence electrons. The van der Waals surface area contributed by atoms with Crippen molar-refractivity contribution < 1.29 is 0 Å². The van der Waals surface area contributed by atoms with Crippen LogP contribution in [0.15, 0.2) is 121 Å². The van der Waals surface area contributed by atoms with Gasteiger partial charge in [-0.25, -0.2) is 15.0 Å². The second kappa shape index (κ2) is 10.6. The SMILES string of the molecule is CC1(C)c2ccc(-c3ccc(-c4nc(-c5ccccc5)nc(-c5ccc(-c6ccccc6)cc5)n4)cn3)cc2C(C)(C)C1(C)C. The number of nitrogens with zero attached hydrogens (tertiary/aromatic N) is 4. The summed E-state index contributed by atoms with van der Waals surface area (Å²) in [4.78, 5) is 19.7. The quantitative estimate of drug-likeness (QED) is 0.202. The van der Waals surface area contributed by atoms with Crippen LogP contribution in [0.3, 0.4) is 0 Å². The highest BCUT2D eigenvalue weighted by Gasteiger charge is 2.56. The number of hydrogen-bond donors (Lipinski definition) is 0. The molecule has 0 unspecified atom stereocenters. The van der Waals surface area contributed by atoms with Gasteiger partial charge in [0.15, 0.2) is 17.5 Å². The monoisotopic (exact) mass is 586 g/mol. The largest absolute Gasteiger partial charge is 0.255 e. The molecule has 2 aromatic heterocycles. The minimum atomic E-state index is 0.0379. The lowest BCUT2D eigenvalue weighted by Crippen LogP contribution is -2.42. The third-order valence-corrected chi connectivity index (χ3v) is 10.7. The van der Waals surface area contributed by atoms with Crippen molar-refractivity contribution in [3.8, 4) is 56.5 Å². The number of pyridine rings is 1. The topological polar surface area (TPSA) is 51.6 Å². The average molecular weight is 587 g/mol.